The molecule has 0 saturated heterocycles. The molecule has 0 amide bonds. The van der Waals surface area contributed by atoms with Crippen LogP contribution in [0.2, 0.25) is 0 Å². The first-order valence-corrected chi connectivity index (χ1v) is 5.15. The summed E-state index contributed by atoms with van der Waals surface area (Å²) in [4.78, 5) is 9.62. The predicted octanol–water partition coefficient (Wildman–Crippen LogP) is 2.44. The monoisotopic (exact) mass is 227 g/mol. The molecule has 1 N–H and O–H groups in total. The predicted molar refractivity (Wildman–Crippen MR) is 57.7 cm³/mol. The first-order chi connectivity index (χ1) is 7.54. The Labute approximate surface area is 92.9 Å². The van der Waals surface area contributed by atoms with E-state index >= 15 is 0 Å². The van der Waals surface area contributed by atoms with Gasteiger partial charge in [0.25, 0.3) is 0 Å². The van der Waals surface area contributed by atoms with Gasteiger partial charge in [-0.15, -0.1) is 0 Å². The molecule has 1 atom stereocenters. The Kier molecular flexibility index (Phi) is 4.37. The lowest BCUT2D eigenvalue weighted by molar-refractivity contribution is -0.387. The molecule has 1 unspecified atom stereocenters. The molecular formula is C11H14FNO3. The van der Waals surface area contributed by atoms with Crippen molar-refractivity contribution in [1.82, 2.24) is 0 Å². The quantitative estimate of drug-likeness (QED) is 0.620. The smallest absolute Gasteiger partial charge is 0.304 e. The minimum absolute atomic E-state index is 0.404. The van der Waals surface area contributed by atoms with Crippen LogP contribution in [-0.2, 0) is 6.42 Å². The number of nitro groups is 1. The molecule has 5 heteroatoms. The summed E-state index contributed by atoms with van der Waals surface area (Å²) in [6.07, 6.45) is 1.30. The van der Waals surface area contributed by atoms with E-state index in [9.17, 15) is 19.6 Å². The van der Waals surface area contributed by atoms with E-state index in [1.165, 1.54) is 6.07 Å². The standard InChI is InChI=1S/C11H14FNO3/c1-2-9(14)5-3-8-4-6-11(13(15)16)10(12)7-8/h4,6-7,9,14H,2-3,5H2,1H3. The van der Waals surface area contributed by atoms with E-state index in [4.69, 9.17) is 0 Å². The number of rotatable bonds is 5. The van der Waals surface area contributed by atoms with E-state index in [1.807, 2.05) is 6.92 Å². The molecule has 0 bridgehead atoms. The van der Waals surface area contributed by atoms with Gasteiger partial charge in [-0.3, -0.25) is 10.1 Å². The molecule has 0 saturated carbocycles. The fraction of sp³-hybridized carbons (Fsp3) is 0.455. The second-order valence-electron chi connectivity index (χ2n) is 3.64. The lowest BCUT2D eigenvalue weighted by Gasteiger charge is -2.07. The number of aliphatic hydroxyl groups excluding tert-OH is 1. The summed E-state index contributed by atoms with van der Waals surface area (Å²) < 4.78 is 13.2. The summed E-state index contributed by atoms with van der Waals surface area (Å²) in [5.41, 5.74) is 0.149. The number of aliphatic hydroxyl groups is 1. The van der Waals surface area contributed by atoms with Gasteiger partial charge in [-0.2, -0.15) is 4.39 Å². The Balaban J connectivity index is 2.70. The Morgan fingerprint density at radius 2 is 2.25 bits per heavy atom. The van der Waals surface area contributed by atoms with Crippen molar-refractivity contribution >= 4 is 5.69 Å². The van der Waals surface area contributed by atoms with E-state index < -0.39 is 22.5 Å². The van der Waals surface area contributed by atoms with E-state index in [-0.39, 0.29) is 0 Å². The van der Waals surface area contributed by atoms with Crippen molar-refractivity contribution in [2.75, 3.05) is 0 Å². The van der Waals surface area contributed by atoms with Crippen molar-refractivity contribution in [3.63, 3.8) is 0 Å². The highest BCUT2D eigenvalue weighted by molar-refractivity contribution is 5.35. The second-order valence-corrected chi connectivity index (χ2v) is 3.64. The largest absolute Gasteiger partial charge is 0.393 e. The lowest BCUT2D eigenvalue weighted by atomic mass is 10.1. The third kappa shape index (κ3) is 3.27. The molecule has 0 aromatic heterocycles. The molecule has 1 aromatic rings. The average molecular weight is 227 g/mol. The van der Waals surface area contributed by atoms with Gasteiger partial charge in [0.05, 0.1) is 11.0 Å². The number of nitro benzene ring substituents is 1. The third-order valence-electron chi connectivity index (χ3n) is 2.45. The van der Waals surface area contributed by atoms with Gasteiger partial charge < -0.3 is 5.11 Å². The molecule has 0 aliphatic rings. The van der Waals surface area contributed by atoms with Gasteiger partial charge in [0.1, 0.15) is 0 Å². The zero-order valence-corrected chi connectivity index (χ0v) is 9.02. The number of hydrogen-bond donors (Lipinski definition) is 1. The Bertz CT molecular complexity index is 381. The molecule has 1 aromatic carbocycles. The number of nitrogens with zero attached hydrogens (tertiary/aromatic N) is 1. The van der Waals surface area contributed by atoms with E-state index in [1.54, 1.807) is 0 Å². The molecular weight excluding hydrogens is 213 g/mol. The molecule has 4 nitrogen and oxygen atoms in total. The third-order valence-corrected chi connectivity index (χ3v) is 2.45. The zero-order chi connectivity index (χ0) is 12.1. The van der Waals surface area contributed by atoms with Crippen molar-refractivity contribution in [3.05, 3.63) is 39.7 Å². The fourth-order valence-electron chi connectivity index (χ4n) is 1.39. The molecule has 0 spiro atoms. The molecule has 0 fully saturated rings. The summed E-state index contributed by atoms with van der Waals surface area (Å²) >= 11 is 0. The summed E-state index contributed by atoms with van der Waals surface area (Å²) in [6.45, 7) is 1.86. The van der Waals surface area contributed by atoms with E-state index in [0.29, 0.717) is 24.8 Å². The summed E-state index contributed by atoms with van der Waals surface area (Å²) in [5.74, 6) is -0.825. The topological polar surface area (TPSA) is 63.4 Å². The average Bonchev–Trinajstić information content (AvgIpc) is 2.25. The molecule has 88 valence electrons. The molecule has 0 aliphatic carbocycles. The van der Waals surface area contributed by atoms with Crippen LogP contribution in [0.25, 0.3) is 0 Å². The fourth-order valence-corrected chi connectivity index (χ4v) is 1.39. The van der Waals surface area contributed by atoms with Crippen LogP contribution in [0.5, 0.6) is 0 Å². The molecule has 1 rings (SSSR count). The van der Waals surface area contributed by atoms with Crippen LogP contribution in [0.4, 0.5) is 10.1 Å². The molecule has 0 radical (unpaired) electrons. The minimum Gasteiger partial charge on any atom is -0.393 e. The van der Waals surface area contributed by atoms with Crippen LogP contribution < -0.4 is 0 Å². The van der Waals surface area contributed by atoms with Gasteiger partial charge >= 0.3 is 5.69 Å². The van der Waals surface area contributed by atoms with Crippen LogP contribution in [0.1, 0.15) is 25.3 Å². The highest BCUT2D eigenvalue weighted by Gasteiger charge is 2.13. The van der Waals surface area contributed by atoms with Crippen molar-refractivity contribution < 1.29 is 14.4 Å². The van der Waals surface area contributed by atoms with Crippen molar-refractivity contribution in [3.8, 4) is 0 Å². The number of hydrogen-bond acceptors (Lipinski definition) is 3. The van der Waals surface area contributed by atoms with Gasteiger partial charge in [-0.25, -0.2) is 0 Å². The van der Waals surface area contributed by atoms with Crippen molar-refractivity contribution in [2.45, 2.75) is 32.3 Å². The minimum atomic E-state index is -0.825. The molecule has 0 aliphatic heterocycles. The molecule has 0 heterocycles. The number of halogens is 1. The van der Waals surface area contributed by atoms with Gasteiger partial charge in [-0.05, 0) is 30.9 Å². The maximum absolute atomic E-state index is 13.2. The van der Waals surface area contributed by atoms with Gasteiger partial charge in [-0.1, -0.05) is 13.0 Å². The van der Waals surface area contributed by atoms with Crippen LogP contribution in [-0.4, -0.2) is 16.1 Å². The maximum atomic E-state index is 13.2. The number of aryl methyl sites for hydroxylation is 1. The molecule has 16 heavy (non-hydrogen) atoms. The van der Waals surface area contributed by atoms with Crippen molar-refractivity contribution in [1.29, 1.82) is 0 Å². The van der Waals surface area contributed by atoms with E-state index in [2.05, 4.69) is 0 Å². The van der Waals surface area contributed by atoms with Gasteiger partial charge in [0.2, 0.25) is 5.82 Å². The summed E-state index contributed by atoms with van der Waals surface area (Å²) in [5, 5.41) is 19.7. The van der Waals surface area contributed by atoms with Crippen LogP contribution in [0, 0.1) is 15.9 Å². The van der Waals surface area contributed by atoms with Crippen molar-refractivity contribution in [2.24, 2.45) is 0 Å². The summed E-state index contributed by atoms with van der Waals surface area (Å²) in [6, 6.07) is 3.83. The Morgan fingerprint density at radius 3 is 2.75 bits per heavy atom. The lowest BCUT2D eigenvalue weighted by Crippen LogP contribution is -2.06. The highest BCUT2D eigenvalue weighted by atomic mass is 19.1. The van der Waals surface area contributed by atoms with Crippen LogP contribution in [0.15, 0.2) is 18.2 Å². The zero-order valence-electron chi connectivity index (χ0n) is 9.02. The SMILES string of the molecule is CCC(O)CCc1ccc([N+](=O)[O-])c(F)c1. The normalized spacial score (nSPS) is 12.4. The first kappa shape index (κ1) is 12.6. The van der Waals surface area contributed by atoms with Gasteiger partial charge in [0.15, 0.2) is 0 Å². The van der Waals surface area contributed by atoms with Gasteiger partial charge in [0, 0.05) is 6.07 Å². The Morgan fingerprint density at radius 1 is 1.56 bits per heavy atom. The van der Waals surface area contributed by atoms with Crippen LogP contribution in [0.3, 0.4) is 0 Å². The number of benzene rings is 1. The second kappa shape index (κ2) is 5.55. The Hall–Kier alpha value is -1.49. The van der Waals surface area contributed by atoms with Crippen LogP contribution >= 0.6 is 0 Å². The highest BCUT2D eigenvalue weighted by Crippen LogP contribution is 2.19. The first-order valence-electron chi connectivity index (χ1n) is 5.15. The summed E-state index contributed by atoms with van der Waals surface area (Å²) in [7, 11) is 0. The van der Waals surface area contributed by atoms with E-state index in [0.717, 1.165) is 12.1 Å². The maximum Gasteiger partial charge on any atom is 0.304 e.